The maximum atomic E-state index is 11.2. The molecule has 88 valence electrons. The first-order valence-electron chi connectivity index (χ1n) is 5.06. The number of rotatable bonds is 6. The summed E-state index contributed by atoms with van der Waals surface area (Å²) in [6.45, 7) is 7.00. The molecule has 0 bridgehead atoms. The Bertz CT molecular complexity index is 238. The molecule has 1 N–H and O–H groups in total. The predicted octanol–water partition coefficient (Wildman–Crippen LogP) is 1.16. The lowest BCUT2D eigenvalue weighted by Gasteiger charge is -2.33. The van der Waals surface area contributed by atoms with Crippen LogP contribution < -0.4 is 0 Å². The van der Waals surface area contributed by atoms with Gasteiger partial charge in [-0.05, 0) is 27.4 Å². The summed E-state index contributed by atoms with van der Waals surface area (Å²) >= 11 is 0. The number of carbonyl (C=O) groups excluding carboxylic acids is 1. The van der Waals surface area contributed by atoms with E-state index in [1.807, 2.05) is 6.92 Å². The Morgan fingerprint density at radius 3 is 2.40 bits per heavy atom. The van der Waals surface area contributed by atoms with Crippen molar-refractivity contribution in [1.82, 2.24) is 4.90 Å². The Kier molecular flexibility index (Phi) is 5.54. The van der Waals surface area contributed by atoms with Gasteiger partial charge in [-0.2, -0.15) is 0 Å². The monoisotopic (exact) mass is 215 g/mol. The second kappa shape index (κ2) is 5.88. The fourth-order valence-electron chi connectivity index (χ4n) is 1.13. The molecule has 0 aliphatic carbocycles. The van der Waals surface area contributed by atoms with Gasteiger partial charge < -0.3 is 9.84 Å². The van der Waals surface area contributed by atoms with Gasteiger partial charge in [0.15, 0.2) is 5.72 Å². The molecular formula is C11H21NO3. The van der Waals surface area contributed by atoms with Crippen molar-refractivity contribution in [2.24, 2.45) is 0 Å². The average Bonchev–Trinajstić information content (AvgIpc) is 2.14. The highest BCUT2D eigenvalue weighted by Gasteiger charge is 2.30. The van der Waals surface area contributed by atoms with E-state index >= 15 is 0 Å². The molecule has 0 aromatic heterocycles. The van der Waals surface area contributed by atoms with E-state index in [0.29, 0.717) is 12.0 Å². The highest BCUT2D eigenvalue weighted by Crippen LogP contribution is 2.16. The lowest BCUT2D eigenvalue weighted by atomic mass is 10.1. The molecule has 1 unspecified atom stereocenters. The number of ether oxygens (including phenoxy) is 1. The quantitative estimate of drug-likeness (QED) is 0.410. The van der Waals surface area contributed by atoms with Gasteiger partial charge in [-0.1, -0.05) is 19.9 Å². The second-order valence-electron chi connectivity index (χ2n) is 3.98. The maximum absolute atomic E-state index is 11.2. The van der Waals surface area contributed by atoms with Crippen molar-refractivity contribution in [3.63, 3.8) is 0 Å². The van der Waals surface area contributed by atoms with E-state index in [2.05, 4.69) is 6.58 Å². The number of hydrogen-bond donors (Lipinski definition) is 1. The zero-order valence-corrected chi connectivity index (χ0v) is 10.0. The minimum absolute atomic E-state index is 0.0282. The van der Waals surface area contributed by atoms with E-state index in [0.717, 1.165) is 6.42 Å². The van der Waals surface area contributed by atoms with Gasteiger partial charge in [0.2, 0.25) is 0 Å². The fourth-order valence-corrected chi connectivity index (χ4v) is 1.13. The summed E-state index contributed by atoms with van der Waals surface area (Å²) in [5.74, 6) is -0.466. The van der Waals surface area contributed by atoms with Crippen LogP contribution in [0.25, 0.3) is 0 Å². The molecule has 4 nitrogen and oxygen atoms in total. The van der Waals surface area contributed by atoms with Crippen LogP contribution in [0.1, 0.15) is 26.7 Å². The van der Waals surface area contributed by atoms with Gasteiger partial charge in [-0.3, -0.25) is 4.90 Å². The average molecular weight is 215 g/mol. The molecule has 0 aromatic rings. The van der Waals surface area contributed by atoms with Crippen LogP contribution in [0.3, 0.4) is 0 Å². The van der Waals surface area contributed by atoms with Gasteiger partial charge in [0, 0.05) is 5.57 Å². The molecule has 0 radical (unpaired) electrons. The summed E-state index contributed by atoms with van der Waals surface area (Å²) in [6, 6.07) is 0. The third kappa shape index (κ3) is 4.44. The molecule has 4 heteroatoms. The minimum atomic E-state index is -1.08. The minimum Gasteiger partial charge on any atom is -0.458 e. The van der Waals surface area contributed by atoms with Crippen LogP contribution in [0.15, 0.2) is 12.2 Å². The summed E-state index contributed by atoms with van der Waals surface area (Å²) in [6.07, 6.45) is 1.38. The van der Waals surface area contributed by atoms with E-state index in [-0.39, 0.29) is 6.61 Å². The van der Waals surface area contributed by atoms with E-state index in [1.165, 1.54) is 0 Å². The van der Waals surface area contributed by atoms with E-state index in [4.69, 9.17) is 4.74 Å². The standard InChI is InChI=1S/C11H21NO3/c1-6-7-11(14,12(4)5)8-15-10(13)9(2)3/h14H,2,6-8H2,1,3-5H3. The second-order valence-corrected chi connectivity index (χ2v) is 3.98. The van der Waals surface area contributed by atoms with Crippen LogP contribution in [-0.4, -0.2) is 42.4 Å². The lowest BCUT2D eigenvalue weighted by Crippen LogP contribution is -2.48. The van der Waals surface area contributed by atoms with Crippen molar-refractivity contribution in [2.75, 3.05) is 20.7 Å². The highest BCUT2D eigenvalue weighted by atomic mass is 16.5. The molecule has 0 heterocycles. The number of likely N-dealkylation sites (N-methyl/N-ethyl adjacent to an activating group) is 1. The van der Waals surface area contributed by atoms with Crippen molar-refractivity contribution in [1.29, 1.82) is 0 Å². The molecule has 0 rings (SSSR count). The Balaban J connectivity index is 4.31. The van der Waals surface area contributed by atoms with Crippen LogP contribution in [0.2, 0.25) is 0 Å². The molecule has 0 fully saturated rings. The summed E-state index contributed by atoms with van der Waals surface area (Å²) in [5, 5.41) is 10.1. The third-order valence-electron chi connectivity index (χ3n) is 2.27. The summed E-state index contributed by atoms with van der Waals surface area (Å²) < 4.78 is 4.95. The van der Waals surface area contributed by atoms with Gasteiger partial charge in [0.25, 0.3) is 0 Å². The smallest absolute Gasteiger partial charge is 0.333 e. The highest BCUT2D eigenvalue weighted by molar-refractivity contribution is 5.86. The van der Waals surface area contributed by atoms with Crippen molar-refractivity contribution < 1.29 is 14.6 Å². The largest absolute Gasteiger partial charge is 0.458 e. The van der Waals surface area contributed by atoms with Crippen LogP contribution in [-0.2, 0) is 9.53 Å². The van der Waals surface area contributed by atoms with Gasteiger partial charge >= 0.3 is 5.97 Å². The molecule has 0 amide bonds. The molecule has 0 aliphatic heterocycles. The number of carbonyl (C=O) groups is 1. The van der Waals surface area contributed by atoms with Gasteiger partial charge in [-0.25, -0.2) is 4.79 Å². The van der Waals surface area contributed by atoms with Crippen molar-refractivity contribution in [3.05, 3.63) is 12.2 Å². The molecule has 0 saturated heterocycles. The first kappa shape index (κ1) is 14.1. The third-order valence-corrected chi connectivity index (χ3v) is 2.27. The summed E-state index contributed by atoms with van der Waals surface area (Å²) in [7, 11) is 3.51. The lowest BCUT2D eigenvalue weighted by molar-refractivity contribution is -0.164. The topological polar surface area (TPSA) is 49.8 Å². The molecule has 1 atom stereocenters. The zero-order chi connectivity index (χ0) is 12.1. The molecule has 0 aromatic carbocycles. The van der Waals surface area contributed by atoms with Crippen molar-refractivity contribution in [2.45, 2.75) is 32.4 Å². The van der Waals surface area contributed by atoms with Crippen LogP contribution in [0.4, 0.5) is 0 Å². The zero-order valence-electron chi connectivity index (χ0n) is 10.0. The first-order chi connectivity index (χ1) is 6.83. The van der Waals surface area contributed by atoms with E-state index < -0.39 is 11.7 Å². The number of nitrogens with zero attached hydrogens (tertiary/aromatic N) is 1. The number of hydrogen-bond acceptors (Lipinski definition) is 4. The fraction of sp³-hybridized carbons (Fsp3) is 0.727. The van der Waals surface area contributed by atoms with E-state index in [9.17, 15) is 9.90 Å². The van der Waals surface area contributed by atoms with Crippen LogP contribution >= 0.6 is 0 Å². The van der Waals surface area contributed by atoms with Gasteiger partial charge in [-0.15, -0.1) is 0 Å². The van der Waals surface area contributed by atoms with E-state index in [1.54, 1.807) is 25.9 Å². The first-order valence-corrected chi connectivity index (χ1v) is 5.06. The van der Waals surface area contributed by atoms with Gasteiger partial charge in [0.1, 0.15) is 6.61 Å². The summed E-state index contributed by atoms with van der Waals surface area (Å²) in [4.78, 5) is 12.8. The van der Waals surface area contributed by atoms with Gasteiger partial charge in [0.05, 0.1) is 0 Å². The Labute approximate surface area is 91.5 Å². The summed E-state index contributed by atoms with van der Waals surface area (Å²) in [5.41, 5.74) is -0.743. The number of esters is 1. The maximum Gasteiger partial charge on any atom is 0.333 e. The SMILES string of the molecule is C=C(C)C(=O)OCC(O)(CCC)N(C)C. The van der Waals surface area contributed by atoms with Crippen LogP contribution in [0.5, 0.6) is 0 Å². The molecular weight excluding hydrogens is 194 g/mol. The molecule has 0 aliphatic rings. The molecule has 15 heavy (non-hydrogen) atoms. The molecule has 0 spiro atoms. The normalized spacial score (nSPS) is 14.8. The Morgan fingerprint density at radius 1 is 1.53 bits per heavy atom. The van der Waals surface area contributed by atoms with Crippen molar-refractivity contribution >= 4 is 5.97 Å². The van der Waals surface area contributed by atoms with Crippen molar-refractivity contribution in [3.8, 4) is 0 Å². The predicted molar refractivity (Wildman–Crippen MR) is 59.3 cm³/mol. The Hall–Kier alpha value is -0.870. The van der Waals surface area contributed by atoms with Crippen LogP contribution in [0, 0.1) is 0 Å². The number of aliphatic hydroxyl groups is 1. The Morgan fingerprint density at radius 2 is 2.07 bits per heavy atom. The molecule has 0 saturated carbocycles.